The number of amides is 1. The van der Waals surface area contributed by atoms with E-state index in [2.05, 4.69) is 4.98 Å². The van der Waals surface area contributed by atoms with Gasteiger partial charge in [0.15, 0.2) is 0 Å². The SMILES string of the molecule is CCN(C(=O)Cc1csc(COc2ccc(C)cc2)n1)[C@@H](C)CO. The lowest BCUT2D eigenvalue weighted by Gasteiger charge is -2.26. The Hall–Kier alpha value is -1.92. The van der Waals surface area contributed by atoms with Crippen LogP contribution in [0, 0.1) is 6.92 Å². The van der Waals surface area contributed by atoms with E-state index in [1.165, 1.54) is 16.9 Å². The molecular weight excluding hydrogens is 324 g/mol. The topological polar surface area (TPSA) is 62.7 Å². The lowest BCUT2D eigenvalue weighted by Crippen LogP contribution is -2.41. The van der Waals surface area contributed by atoms with E-state index >= 15 is 0 Å². The molecule has 0 fully saturated rings. The Balaban J connectivity index is 1.90. The minimum Gasteiger partial charge on any atom is -0.486 e. The zero-order valence-corrected chi connectivity index (χ0v) is 15.2. The van der Waals surface area contributed by atoms with Crippen molar-refractivity contribution >= 4 is 17.2 Å². The molecule has 0 bridgehead atoms. The van der Waals surface area contributed by atoms with Crippen LogP contribution in [0.3, 0.4) is 0 Å². The maximum atomic E-state index is 12.3. The van der Waals surface area contributed by atoms with Gasteiger partial charge in [0.1, 0.15) is 17.4 Å². The van der Waals surface area contributed by atoms with E-state index in [1.807, 2.05) is 50.4 Å². The molecule has 130 valence electrons. The van der Waals surface area contributed by atoms with Gasteiger partial charge in [0.25, 0.3) is 0 Å². The van der Waals surface area contributed by atoms with Crippen LogP contribution in [0.25, 0.3) is 0 Å². The van der Waals surface area contributed by atoms with Gasteiger partial charge >= 0.3 is 0 Å². The summed E-state index contributed by atoms with van der Waals surface area (Å²) in [6.45, 7) is 6.72. The molecule has 0 radical (unpaired) electrons. The lowest BCUT2D eigenvalue weighted by atomic mass is 10.2. The smallest absolute Gasteiger partial charge is 0.228 e. The number of ether oxygens (including phenoxy) is 1. The molecule has 0 unspecified atom stereocenters. The number of nitrogens with zero attached hydrogens (tertiary/aromatic N) is 2. The standard InChI is InChI=1S/C18H24N2O3S/c1-4-20(14(3)10-21)18(22)9-15-12-24-17(19-15)11-23-16-7-5-13(2)6-8-16/h5-8,12,14,21H,4,9-11H2,1-3H3/t14-/m0/s1. The molecule has 1 N–H and O–H groups in total. The van der Waals surface area contributed by atoms with Crippen molar-refractivity contribution in [2.75, 3.05) is 13.2 Å². The average molecular weight is 348 g/mol. The van der Waals surface area contributed by atoms with Gasteiger partial charge in [-0.15, -0.1) is 11.3 Å². The largest absolute Gasteiger partial charge is 0.486 e. The van der Waals surface area contributed by atoms with Crippen LogP contribution in [0.4, 0.5) is 0 Å². The molecule has 0 aliphatic rings. The first kappa shape index (κ1) is 18.4. The minimum atomic E-state index is -0.175. The molecule has 0 saturated carbocycles. The van der Waals surface area contributed by atoms with Crippen LogP contribution >= 0.6 is 11.3 Å². The second-order valence-electron chi connectivity index (χ2n) is 5.72. The molecule has 1 aromatic heterocycles. The van der Waals surface area contributed by atoms with Crippen molar-refractivity contribution in [1.82, 2.24) is 9.88 Å². The number of carbonyl (C=O) groups is 1. The second kappa shape index (κ2) is 8.80. The molecule has 1 heterocycles. The number of aliphatic hydroxyl groups excluding tert-OH is 1. The number of benzene rings is 1. The number of likely N-dealkylation sites (N-methyl/N-ethyl adjacent to an activating group) is 1. The zero-order valence-electron chi connectivity index (χ0n) is 14.4. The third kappa shape index (κ3) is 5.04. The van der Waals surface area contributed by atoms with Crippen molar-refractivity contribution in [1.29, 1.82) is 0 Å². The first-order chi connectivity index (χ1) is 11.5. The number of hydrogen-bond acceptors (Lipinski definition) is 5. The van der Waals surface area contributed by atoms with Crippen LogP contribution in [-0.4, -0.2) is 40.1 Å². The monoisotopic (exact) mass is 348 g/mol. The van der Waals surface area contributed by atoms with Crippen LogP contribution < -0.4 is 4.74 Å². The molecule has 2 rings (SSSR count). The summed E-state index contributed by atoms with van der Waals surface area (Å²) in [5.74, 6) is 0.790. The van der Waals surface area contributed by atoms with Crippen LogP contribution in [0.2, 0.25) is 0 Å². The predicted octanol–water partition coefficient (Wildman–Crippen LogP) is 2.80. The van der Waals surface area contributed by atoms with E-state index < -0.39 is 0 Å². The van der Waals surface area contributed by atoms with Gasteiger partial charge in [0, 0.05) is 11.9 Å². The third-order valence-electron chi connectivity index (χ3n) is 3.77. The number of aromatic nitrogens is 1. The zero-order chi connectivity index (χ0) is 17.5. The Morgan fingerprint density at radius 2 is 2.08 bits per heavy atom. The molecule has 0 spiro atoms. The van der Waals surface area contributed by atoms with Gasteiger partial charge in [-0.3, -0.25) is 4.79 Å². The molecular formula is C18H24N2O3S. The van der Waals surface area contributed by atoms with Crippen LogP contribution in [0.1, 0.15) is 30.1 Å². The van der Waals surface area contributed by atoms with Gasteiger partial charge in [0.2, 0.25) is 5.91 Å². The summed E-state index contributed by atoms with van der Waals surface area (Å²) in [4.78, 5) is 18.4. The Morgan fingerprint density at radius 1 is 1.38 bits per heavy atom. The molecule has 0 aliphatic heterocycles. The molecule has 0 saturated heterocycles. The molecule has 1 aromatic carbocycles. The highest BCUT2D eigenvalue weighted by molar-refractivity contribution is 7.09. The highest BCUT2D eigenvalue weighted by Crippen LogP contribution is 2.17. The van der Waals surface area contributed by atoms with Crippen molar-refractivity contribution in [3.8, 4) is 5.75 Å². The fourth-order valence-electron chi connectivity index (χ4n) is 2.36. The van der Waals surface area contributed by atoms with Crippen molar-refractivity contribution in [3.63, 3.8) is 0 Å². The summed E-state index contributed by atoms with van der Waals surface area (Å²) in [6.07, 6.45) is 0.249. The van der Waals surface area contributed by atoms with E-state index in [4.69, 9.17) is 4.74 Å². The summed E-state index contributed by atoms with van der Waals surface area (Å²) in [6, 6.07) is 7.70. The van der Waals surface area contributed by atoms with Gasteiger partial charge in [-0.05, 0) is 32.9 Å². The Bertz CT molecular complexity index is 655. The number of aryl methyl sites for hydroxylation is 1. The summed E-state index contributed by atoms with van der Waals surface area (Å²) in [7, 11) is 0. The first-order valence-corrected chi connectivity index (χ1v) is 8.94. The molecule has 24 heavy (non-hydrogen) atoms. The van der Waals surface area contributed by atoms with Gasteiger partial charge in [0.05, 0.1) is 24.8 Å². The van der Waals surface area contributed by atoms with Crippen molar-refractivity contribution in [2.24, 2.45) is 0 Å². The lowest BCUT2D eigenvalue weighted by molar-refractivity contribution is -0.133. The van der Waals surface area contributed by atoms with Crippen molar-refractivity contribution < 1.29 is 14.6 Å². The second-order valence-corrected chi connectivity index (χ2v) is 6.67. The van der Waals surface area contributed by atoms with Gasteiger partial charge < -0.3 is 14.7 Å². The summed E-state index contributed by atoms with van der Waals surface area (Å²) in [5, 5.41) is 12.0. The van der Waals surface area contributed by atoms with E-state index in [-0.39, 0.29) is 25.0 Å². The Morgan fingerprint density at radius 3 is 2.71 bits per heavy atom. The quantitative estimate of drug-likeness (QED) is 0.797. The van der Waals surface area contributed by atoms with Crippen LogP contribution in [0.5, 0.6) is 5.75 Å². The maximum absolute atomic E-state index is 12.3. The molecule has 1 amide bonds. The average Bonchev–Trinajstić information content (AvgIpc) is 3.02. The van der Waals surface area contributed by atoms with Crippen molar-refractivity contribution in [3.05, 3.63) is 45.9 Å². The highest BCUT2D eigenvalue weighted by Gasteiger charge is 2.19. The fraction of sp³-hybridized carbons (Fsp3) is 0.444. The summed E-state index contributed by atoms with van der Waals surface area (Å²) < 4.78 is 5.71. The van der Waals surface area contributed by atoms with Crippen LogP contribution in [0.15, 0.2) is 29.6 Å². The summed E-state index contributed by atoms with van der Waals surface area (Å²) >= 11 is 1.49. The van der Waals surface area contributed by atoms with E-state index in [9.17, 15) is 9.90 Å². The molecule has 6 heteroatoms. The Labute approximate surface area is 146 Å². The van der Waals surface area contributed by atoms with Gasteiger partial charge in [-0.25, -0.2) is 4.98 Å². The Kier molecular flexibility index (Phi) is 6.75. The molecule has 0 aliphatic carbocycles. The minimum absolute atomic E-state index is 0.0182. The van der Waals surface area contributed by atoms with Gasteiger partial charge in [-0.2, -0.15) is 0 Å². The number of aliphatic hydroxyl groups is 1. The predicted molar refractivity (Wildman–Crippen MR) is 95.3 cm³/mol. The molecule has 1 atom stereocenters. The van der Waals surface area contributed by atoms with Crippen LogP contribution in [-0.2, 0) is 17.8 Å². The maximum Gasteiger partial charge on any atom is 0.228 e. The molecule has 2 aromatic rings. The number of carbonyl (C=O) groups excluding carboxylic acids is 1. The fourth-order valence-corrected chi connectivity index (χ4v) is 3.07. The van der Waals surface area contributed by atoms with E-state index in [1.54, 1.807) is 4.90 Å². The van der Waals surface area contributed by atoms with Gasteiger partial charge in [-0.1, -0.05) is 17.7 Å². The molecule has 5 nitrogen and oxygen atoms in total. The van der Waals surface area contributed by atoms with E-state index in [0.29, 0.717) is 13.2 Å². The summed E-state index contributed by atoms with van der Waals surface area (Å²) in [5.41, 5.74) is 1.94. The normalized spacial score (nSPS) is 12.0. The van der Waals surface area contributed by atoms with Crippen molar-refractivity contribution in [2.45, 2.75) is 39.8 Å². The highest BCUT2D eigenvalue weighted by atomic mass is 32.1. The number of thiazole rings is 1. The first-order valence-electron chi connectivity index (χ1n) is 8.06. The third-order valence-corrected chi connectivity index (χ3v) is 4.64. The number of rotatable bonds is 8. The number of hydrogen-bond donors (Lipinski definition) is 1. The van der Waals surface area contributed by atoms with E-state index in [0.717, 1.165) is 16.5 Å².